The summed E-state index contributed by atoms with van der Waals surface area (Å²) in [7, 11) is 0. The number of carboxylic acids is 1. The van der Waals surface area contributed by atoms with Gasteiger partial charge in [-0.05, 0) is 12.5 Å². The van der Waals surface area contributed by atoms with Crippen molar-refractivity contribution in [2.24, 2.45) is 0 Å². The van der Waals surface area contributed by atoms with E-state index in [-0.39, 0.29) is 12.2 Å². The van der Waals surface area contributed by atoms with Crippen LogP contribution in [0, 0.1) is 0 Å². The van der Waals surface area contributed by atoms with Gasteiger partial charge in [-0.3, -0.25) is 0 Å². The fourth-order valence-corrected chi connectivity index (χ4v) is 2.71. The highest BCUT2D eigenvalue weighted by Crippen LogP contribution is 2.33. The molecular formula is C14H12O4S. The van der Waals surface area contributed by atoms with E-state index >= 15 is 0 Å². The molecule has 0 amide bonds. The summed E-state index contributed by atoms with van der Waals surface area (Å²) in [5.41, 5.74) is 1.25. The highest BCUT2D eigenvalue weighted by Gasteiger charge is 2.23. The van der Waals surface area contributed by atoms with Crippen molar-refractivity contribution in [1.82, 2.24) is 0 Å². The van der Waals surface area contributed by atoms with Crippen LogP contribution in [0.25, 0.3) is 11.1 Å². The molecule has 4 nitrogen and oxygen atoms in total. The Morgan fingerprint density at radius 3 is 2.53 bits per heavy atom. The minimum atomic E-state index is -1.05. The van der Waals surface area contributed by atoms with Gasteiger partial charge in [0.05, 0.1) is 12.2 Å². The molecule has 2 rings (SSSR count). The van der Waals surface area contributed by atoms with Crippen molar-refractivity contribution in [3.05, 3.63) is 46.2 Å². The second kappa shape index (κ2) is 5.67. The van der Waals surface area contributed by atoms with Crippen LogP contribution in [0.3, 0.4) is 0 Å². The Bertz CT molecular complexity index is 601. The summed E-state index contributed by atoms with van der Waals surface area (Å²) in [5.74, 6) is -1.54. The lowest BCUT2D eigenvalue weighted by molar-refractivity contribution is 0.0533. The summed E-state index contributed by atoms with van der Waals surface area (Å²) in [6.45, 7) is 1.97. The normalized spacial score (nSPS) is 10.2. The Balaban J connectivity index is 2.58. The van der Waals surface area contributed by atoms with Gasteiger partial charge in [-0.1, -0.05) is 30.3 Å². The van der Waals surface area contributed by atoms with Crippen molar-refractivity contribution in [3.8, 4) is 11.1 Å². The summed E-state index contributed by atoms with van der Waals surface area (Å²) < 4.78 is 4.96. The highest BCUT2D eigenvalue weighted by molar-refractivity contribution is 7.13. The summed E-state index contributed by atoms with van der Waals surface area (Å²) in [6.07, 6.45) is 0. The van der Waals surface area contributed by atoms with Crippen molar-refractivity contribution in [2.45, 2.75) is 6.92 Å². The predicted octanol–water partition coefficient (Wildman–Crippen LogP) is 3.29. The zero-order chi connectivity index (χ0) is 13.8. The van der Waals surface area contributed by atoms with E-state index in [1.807, 2.05) is 6.07 Å². The van der Waals surface area contributed by atoms with E-state index in [0.29, 0.717) is 16.0 Å². The van der Waals surface area contributed by atoms with Gasteiger partial charge >= 0.3 is 11.9 Å². The number of thiophene rings is 1. The maximum Gasteiger partial charge on any atom is 0.348 e. The monoisotopic (exact) mass is 276 g/mol. The minimum Gasteiger partial charge on any atom is -0.478 e. The highest BCUT2D eigenvalue weighted by atomic mass is 32.1. The van der Waals surface area contributed by atoms with Crippen LogP contribution in [0.4, 0.5) is 0 Å². The van der Waals surface area contributed by atoms with Gasteiger partial charge in [0.15, 0.2) is 0 Å². The van der Waals surface area contributed by atoms with Gasteiger partial charge in [-0.25, -0.2) is 9.59 Å². The molecule has 0 saturated heterocycles. The molecule has 1 aromatic carbocycles. The first kappa shape index (κ1) is 13.3. The van der Waals surface area contributed by atoms with Gasteiger partial charge in [0.1, 0.15) is 4.88 Å². The number of carboxylic acid groups (broad SMARTS) is 1. The minimum absolute atomic E-state index is 0.124. The summed E-state index contributed by atoms with van der Waals surface area (Å²) in [5, 5.41) is 10.7. The number of hydrogen-bond acceptors (Lipinski definition) is 4. The Morgan fingerprint density at radius 2 is 1.95 bits per heavy atom. The van der Waals surface area contributed by atoms with E-state index in [9.17, 15) is 14.7 Å². The van der Waals surface area contributed by atoms with Crippen molar-refractivity contribution in [3.63, 3.8) is 0 Å². The maximum absolute atomic E-state index is 11.9. The Labute approximate surface area is 114 Å². The van der Waals surface area contributed by atoms with E-state index in [1.165, 1.54) is 5.38 Å². The number of carbonyl (C=O) groups is 2. The van der Waals surface area contributed by atoms with E-state index in [0.717, 1.165) is 11.3 Å². The Morgan fingerprint density at radius 1 is 1.26 bits per heavy atom. The zero-order valence-corrected chi connectivity index (χ0v) is 11.1. The van der Waals surface area contributed by atoms with Gasteiger partial charge in [0.25, 0.3) is 0 Å². The molecule has 98 valence electrons. The number of hydrogen-bond donors (Lipinski definition) is 1. The van der Waals surface area contributed by atoms with Gasteiger partial charge in [0.2, 0.25) is 0 Å². The van der Waals surface area contributed by atoms with Crippen LogP contribution < -0.4 is 0 Å². The fraction of sp³-hybridized carbons (Fsp3) is 0.143. The van der Waals surface area contributed by atoms with E-state index < -0.39 is 11.9 Å². The third kappa shape index (κ3) is 2.66. The van der Waals surface area contributed by atoms with E-state index in [2.05, 4.69) is 0 Å². The number of esters is 1. The molecule has 0 unspecified atom stereocenters. The molecule has 0 aliphatic heterocycles. The summed E-state index contributed by atoms with van der Waals surface area (Å²) in [4.78, 5) is 23.4. The van der Waals surface area contributed by atoms with Gasteiger partial charge in [-0.2, -0.15) is 0 Å². The number of aromatic carboxylic acids is 1. The molecule has 0 aliphatic carbocycles. The van der Waals surface area contributed by atoms with Gasteiger partial charge in [-0.15, -0.1) is 11.3 Å². The number of rotatable bonds is 4. The first-order valence-electron chi connectivity index (χ1n) is 5.72. The molecule has 0 spiro atoms. The smallest absolute Gasteiger partial charge is 0.348 e. The van der Waals surface area contributed by atoms with Crippen LogP contribution >= 0.6 is 11.3 Å². The molecule has 0 aliphatic rings. The molecule has 0 radical (unpaired) electrons. The lowest BCUT2D eigenvalue weighted by Gasteiger charge is -2.05. The quantitative estimate of drug-likeness (QED) is 0.870. The standard InChI is InChI=1S/C14H12O4S/c1-2-18-14(17)12-11(9-6-4-3-5-7-9)10(8-19-12)13(15)16/h3-8H,2H2,1H3,(H,15,16). The Hall–Kier alpha value is -2.14. The molecule has 1 aromatic heterocycles. The fourth-order valence-electron chi connectivity index (χ4n) is 1.75. The molecule has 1 N–H and O–H groups in total. The molecule has 0 fully saturated rings. The molecule has 0 bridgehead atoms. The third-order valence-corrected chi connectivity index (χ3v) is 3.50. The second-order valence-electron chi connectivity index (χ2n) is 3.75. The first-order valence-corrected chi connectivity index (χ1v) is 6.60. The number of ether oxygens (including phenoxy) is 1. The Kier molecular flexibility index (Phi) is 3.97. The van der Waals surface area contributed by atoms with E-state index in [1.54, 1.807) is 31.2 Å². The van der Waals surface area contributed by atoms with Crippen molar-refractivity contribution >= 4 is 23.3 Å². The van der Waals surface area contributed by atoms with Crippen molar-refractivity contribution < 1.29 is 19.4 Å². The summed E-state index contributed by atoms with van der Waals surface area (Å²) >= 11 is 1.09. The molecule has 1 heterocycles. The van der Waals surface area contributed by atoms with Crippen LogP contribution in [0.15, 0.2) is 35.7 Å². The zero-order valence-electron chi connectivity index (χ0n) is 10.3. The topological polar surface area (TPSA) is 63.6 Å². The molecule has 2 aromatic rings. The van der Waals surface area contributed by atoms with Crippen LogP contribution in [0.5, 0.6) is 0 Å². The molecule has 0 atom stereocenters. The average molecular weight is 276 g/mol. The van der Waals surface area contributed by atoms with E-state index in [4.69, 9.17) is 4.74 Å². The largest absolute Gasteiger partial charge is 0.478 e. The maximum atomic E-state index is 11.9. The van der Waals surface area contributed by atoms with Crippen LogP contribution in [0.2, 0.25) is 0 Å². The average Bonchev–Trinajstić information content (AvgIpc) is 2.85. The molecular weight excluding hydrogens is 264 g/mol. The van der Waals surface area contributed by atoms with Crippen molar-refractivity contribution in [2.75, 3.05) is 6.61 Å². The van der Waals surface area contributed by atoms with Crippen molar-refractivity contribution in [1.29, 1.82) is 0 Å². The summed E-state index contributed by atoms with van der Waals surface area (Å²) in [6, 6.07) is 8.98. The van der Waals surface area contributed by atoms with Crippen LogP contribution in [-0.2, 0) is 4.74 Å². The van der Waals surface area contributed by atoms with Gasteiger partial charge < -0.3 is 9.84 Å². The van der Waals surface area contributed by atoms with Crippen LogP contribution in [0.1, 0.15) is 27.0 Å². The number of benzene rings is 1. The third-order valence-electron chi connectivity index (χ3n) is 2.54. The second-order valence-corrected chi connectivity index (χ2v) is 4.62. The lowest BCUT2D eigenvalue weighted by Crippen LogP contribution is -2.05. The first-order chi connectivity index (χ1) is 9.15. The lowest BCUT2D eigenvalue weighted by atomic mass is 10.0. The van der Waals surface area contributed by atoms with Gasteiger partial charge in [0, 0.05) is 10.9 Å². The number of carbonyl (C=O) groups excluding carboxylic acids is 1. The molecule has 5 heteroatoms. The molecule has 19 heavy (non-hydrogen) atoms. The molecule has 0 saturated carbocycles. The predicted molar refractivity (Wildman–Crippen MR) is 72.7 cm³/mol. The van der Waals surface area contributed by atoms with Crippen LogP contribution in [-0.4, -0.2) is 23.7 Å². The SMILES string of the molecule is CCOC(=O)c1scc(C(=O)O)c1-c1ccccc1.